The first-order valence-corrected chi connectivity index (χ1v) is 17.5. The van der Waals surface area contributed by atoms with E-state index in [1.165, 1.54) is 47.6 Å². The highest BCUT2D eigenvalue weighted by Gasteiger charge is 2.49. The van der Waals surface area contributed by atoms with E-state index in [1.807, 2.05) is 22.7 Å². The van der Waals surface area contributed by atoms with Crippen molar-refractivity contribution in [1.82, 2.24) is 0 Å². The van der Waals surface area contributed by atoms with E-state index in [4.69, 9.17) is 0 Å². The summed E-state index contributed by atoms with van der Waals surface area (Å²) in [5, 5.41) is 4.42. The molecule has 0 spiro atoms. The first-order chi connectivity index (χ1) is 17.6. The third kappa shape index (κ3) is 4.07. The molecule has 3 aromatic carbocycles. The van der Waals surface area contributed by atoms with Gasteiger partial charge in [0.1, 0.15) is 0 Å². The Morgan fingerprint density at radius 1 is 0.500 bits per heavy atom. The van der Waals surface area contributed by atoms with Crippen LogP contribution in [-0.4, -0.2) is 8.07 Å². The molecule has 0 nitrogen and oxygen atoms in total. The molecule has 1 aliphatic rings. The van der Waals surface area contributed by atoms with E-state index in [2.05, 4.69) is 154 Å². The van der Waals surface area contributed by atoms with Gasteiger partial charge < -0.3 is 0 Å². The summed E-state index contributed by atoms with van der Waals surface area (Å²) in [6.07, 6.45) is 0. The van der Waals surface area contributed by atoms with Crippen molar-refractivity contribution in [2.24, 2.45) is 0 Å². The van der Waals surface area contributed by atoms with Crippen molar-refractivity contribution in [2.45, 2.75) is 6.55 Å². The van der Waals surface area contributed by atoms with E-state index in [1.54, 1.807) is 0 Å². The first-order valence-electron chi connectivity index (χ1n) is 11.7. The number of allylic oxidation sites excluding steroid dienone is 2. The van der Waals surface area contributed by atoms with E-state index in [0.717, 1.165) is 7.57 Å². The van der Waals surface area contributed by atoms with Gasteiger partial charge in [0, 0.05) is 9.75 Å². The Bertz CT molecular complexity index is 1500. The molecule has 1 aliphatic heterocycles. The van der Waals surface area contributed by atoms with Crippen LogP contribution in [0.1, 0.15) is 20.9 Å². The summed E-state index contributed by atoms with van der Waals surface area (Å²) in [7, 11) is -2.43. The molecule has 0 atom stereocenters. The van der Waals surface area contributed by atoms with Gasteiger partial charge in [-0.15, -0.1) is 22.7 Å². The molecule has 5 aromatic rings. The molecule has 6 rings (SSSR count). The molecule has 0 unspecified atom stereocenters. The molecule has 36 heavy (non-hydrogen) atoms. The Labute approximate surface area is 237 Å². The van der Waals surface area contributed by atoms with Gasteiger partial charge in [-0.05, 0) is 94.0 Å². The van der Waals surface area contributed by atoms with Crippen molar-refractivity contribution >= 4 is 89.3 Å². The molecule has 0 saturated heterocycles. The second kappa shape index (κ2) is 9.88. The summed E-state index contributed by atoms with van der Waals surface area (Å²) in [6.45, 7) is 2.55. The number of thiophene rings is 2. The molecule has 0 N–H and O–H groups in total. The van der Waals surface area contributed by atoms with Gasteiger partial charge in [-0.2, -0.15) is 0 Å². The largest absolute Gasteiger partial charge is 0.150 e. The van der Waals surface area contributed by atoms with Gasteiger partial charge in [-0.25, -0.2) is 0 Å². The van der Waals surface area contributed by atoms with Crippen LogP contribution in [0.2, 0.25) is 6.55 Å². The van der Waals surface area contributed by atoms with Crippen molar-refractivity contribution in [3.63, 3.8) is 0 Å². The standard InChI is InChI=1S/C31H22Br2S2Si/c1-36(23-15-9-4-10-16-23)30(24-17-19-26(32)34-24)28(21-11-5-2-6-12-21)29(22-13-7-3-8-14-22)31(36)25-18-20-27(33)35-25/h2-20H,1H3. The molecule has 0 fully saturated rings. The van der Waals surface area contributed by atoms with Crippen LogP contribution in [0.4, 0.5) is 0 Å². The Kier molecular flexibility index (Phi) is 6.61. The zero-order chi connectivity index (χ0) is 24.7. The molecule has 5 heteroatoms. The Morgan fingerprint density at radius 2 is 0.889 bits per heavy atom. The zero-order valence-electron chi connectivity index (χ0n) is 19.5. The minimum atomic E-state index is -2.43. The van der Waals surface area contributed by atoms with Crippen molar-refractivity contribution in [2.75, 3.05) is 0 Å². The van der Waals surface area contributed by atoms with Crippen LogP contribution in [-0.2, 0) is 0 Å². The second-order valence-electron chi connectivity index (χ2n) is 8.93. The minimum absolute atomic E-state index is 1.16. The molecule has 0 saturated carbocycles. The fourth-order valence-corrected chi connectivity index (χ4v) is 14.0. The summed E-state index contributed by atoms with van der Waals surface area (Å²) in [5.41, 5.74) is 5.29. The Balaban J connectivity index is 1.82. The van der Waals surface area contributed by atoms with Crippen LogP contribution in [0, 0.1) is 0 Å². The highest BCUT2D eigenvalue weighted by molar-refractivity contribution is 9.11. The molecule has 0 bridgehead atoms. The van der Waals surface area contributed by atoms with Crippen LogP contribution in [0.25, 0.3) is 21.5 Å². The van der Waals surface area contributed by atoms with Gasteiger partial charge in [0.05, 0.1) is 7.57 Å². The fourth-order valence-electron chi connectivity index (χ4n) is 5.36. The molecular formula is C31H22Br2S2Si. The number of hydrogen-bond acceptors (Lipinski definition) is 2. The van der Waals surface area contributed by atoms with Crippen molar-refractivity contribution in [3.05, 3.63) is 144 Å². The average Bonchev–Trinajstić information content (AvgIpc) is 3.61. The zero-order valence-corrected chi connectivity index (χ0v) is 25.3. The molecule has 2 aromatic heterocycles. The Morgan fingerprint density at radius 3 is 1.25 bits per heavy atom. The molecule has 3 heterocycles. The van der Waals surface area contributed by atoms with Gasteiger partial charge in [0.2, 0.25) is 0 Å². The summed E-state index contributed by atoms with van der Waals surface area (Å²) >= 11 is 11.2. The minimum Gasteiger partial charge on any atom is -0.129 e. The van der Waals surface area contributed by atoms with Crippen molar-refractivity contribution < 1.29 is 0 Å². The third-order valence-electron chi connectivity index (χ3n) is 6.87. The third-order valence-corrected chi connectivity index (χ3v) is 15.0. The summed E-state index contributed by atoms with van der Waals surface area (Å²) < 4.78 is 2.32. The maximum Gasteiger partial charge on any atom is 0.150 e. The Hall–Kier alpha value is -2.28. The van der Waals surface area contributed by atoms with Crippen LogP contribution < -0.4 is 5.19 Å². The lowest BCUT2D eigenvalue weighted by Crippen LogP contribution is -2.46. The van der Waals surface area contributed by atoms with Gasteiger partial charge >= 0.3 is 0 Å². The SMILES string of the molecule is C[Si]1(c2ccccc2)C(c2ccc(Br)s2)=C(c2ccccc2)C(c2ccccc2)=C1c1ccc(Br)s1. The molecule has 0 amide bonds. The lowest BCUT2D eigenvalue weighted by atomic mass is 9.91. The van der Waals surface area contributed by atoms with Crippen molar-refractivity contribution in [1.29, 1.82) is 0 Å². The van der Waals surface area contributed by atoms with Gasteiger partial charge in [-0.3, -0.25) is 0 Å². The monoisotopic (exact) mass is 644 g/mol. The van der Waals surface area contributed by atoms with E-state index in [9.17, 15) is 0 Å². The maximum absolute atomic E-state index is 3.77. The van der Waals surface area contributed by atoms with Crippen LogP contribution in [0.3, 0.4) is 0 Å². The van der Waals surface area contributed by atoms with Gasteiger partial charge in [-0.1, -0.05) is 97.5 Å². The first kappa shape index (κ1) is 24.1. The highest BCUT2D eigenvalue weighted by Crippen LogP contribution is 2.57. The van der Waals surface area contributed by atoms with E-state index < -0.39 is 8.07 Å². The van der Waals surface area contributed by atoms with Crippen LogP contribution in [0.5, 0.6) is 0 Å². The number of rotatable bonds is 5. The maximum atomic E-state index is 3.77. The summed E-state index contributed by atoms with van der Waals surface area (Å²) in [4.78, 5) is 2.69. The average molecular weight is 647 g/mol. The van der Waals surface area contributed by atoms with E-state index in [-0.39, 0.29) is 0 Å². The van der Waals surface area contributed by atoms with Crippen LogP contribution >= 0.6 is 54.5 Å². The lowest BCUT2D eigenvalue weighted by Gasteiger charge is -2.30. The van der Waals surface area contributed by atoms with Gasteiger partial charge in [0.15, 0.2) is 8.07 Å². The smallest absolute Gasteiger partial charge is 0.129 e. The topological polar surface area (TPSA) is 0 Å². The summed E-state index contributed by atoms with van der Waals surface area (Å²) in [6, 6.07) is 42.1. The molecule has 176 valence electrons. The fraction of sp³-hybridized carbons (Fsp3) is 0.0323. The molecule has 0 radical (unpaired) electrons. The normalized spacial score (nSPS) is 15.1. The van der Waals surface area contributed by atoms with E-state index in [0.29, 0.717) is 0 Å². The number of halogens is 2. The number of hydrogen-bond donors (Lipinski definition) is 0. The van der Waals surface area contributed by atoms with Gasteiger partial charge in [0.25, 0.3) is 0 Å². The second-order valence-corrected chi connectivity index (χ2v) is 17.7. The van der Waals surface area contributed by atoms with Crippen LogP contribution in [0.15, 0.2) is 123 Å². The lowest BCUT2D eigenvalue weighted by molar-refractivity contribution is 1.60. The number of benzene rings is 3. The quantitative estimate of drug-likeness (QED) is 0.167. The van der Waals surface area contributed by atoms with Crippen molar-refractivity contribution in [3.8, 4) is 0 Å². The predicted octanol–water partition coefficient (Wildman–Crippen LogP) is 9.93. The summed E-state index contributed by atoms with van der Waals surface area (Å²) in [5.74, 6) is 0. The highest BCUT2D eigenvalue weighted by atomic mass is 79.9. The predicted molar refractivity (Wildman–Crippen MR) is 168 cm³/mol. The van der Waals surface area contributed by atoms with E-state index >= 15 is 0 Å². The molecular weight excluding hydrogens is 624 g/mol. The molecule has 0 aliphatic carbocycles.